The summed E-state index contributed by atoms with van der Waals surface area (Å²) in [6, 6.07) is 9.02. The number of nitrogens with one attached hydrogen (secondary N) is 1. The first-order valence-corrected chi connectivity index (χ1v) is 4.40. The number of hydrogen-bond donors (Lipinski definition) is 2. The second-order valence-electron chi connectivity index (χ2n) is 3.29. The number of halogens is 2. The number of hydrogen-bond acceptors (Lipinski definition) is 2. The van der Waals surface area contributed by atoms with E-state index in [-0.39, 0.29) is 24.8 Å². The summed E-state index contributed by atoms with van der Waals surface area (Å²) in [5.74, 6) is 0. The Morgan fingerprint density at radius 2 is 1.86 bits per heavy atom. The van der Waals surface area contributed by atoms with Gasteiger partial charge in [-0.3, -0.25) is 0 Å². The summed E-state index contributed by atoms with van der Waals surface area (Å²) in [6.07, 6.45) is 1.08. The van der Waals surface area contributed by atoms with Gasteiger partial charge >= 0.3 is 0 Å². The Balaban J connectivity index is 0.000000845. The zero-order chi connectivity index (χ0) is 8.39. The first-order chi connectivity index (χ1) is 5.90. The topological polar surface area (TPSA) is 38.0 Å². The van der Waals surface area contributed by atoms with Gasteiger partial charge in [0.25, 0.3) is 0 Å². The predicted octanol–water partition coefficient (Wildman–Crippen LogP) is 1.50. The molecule has 1 unspecified atom stereocenters. The van der Waals surface area contributed by atoms with Crippen LogP contribution in [0.3, 0.4) is 0 Å². The van der Waals surface area contributed by atoms with Crippen LogP contribution in [0.15, 0.2) is 24.3 Å². The van der Waals surface area contributed by atoms with Crippen molar-refractivity contribution in [2.45, 2.75) is 19.0 Å². The summed E-state index contributed by atoms with van der Waals surface area (Å²) >= 11 is 0. The van der Waals surface area contributed by atoms with E-state index in [1.807, 2.05) is 0 Å². The molecule has 80 valence electrons. The van der Waals surface area contributed by atoms with Gasteiger partial charge in [0.15, 0.2) is 0 Å². The van der Waals surface area contributed by atoms with Crippen LogP contribution in [0, 0.1) is 0 Å². The lowest BCUT2D eigenvalue weighted by Gasteiger charge is -2.24. The molecule has 3 N–H and O–H groups in total. The fraction of sp³-hybridized carbons (Fsp3) is 0.400. The van der Waals surface area contributed by atoms with Crippen LogP contribution in [0.1, 0.15) is 11.1 Å². The average Bonchev–Trinajstić information content (AvgIpc) is 2.17. The van der Waals surface area contributed by atoms with Crippen LogP contribution in [0.2, 0.25) is 0 Å². The Morgan fingerprint density at radius 3 is 2.50 bits per heavy atom. The Labute approximate surface area is 97.1 Å². The quantitative estimate of drug-likeness (QED) is 0.774. The van der Waals surface area contributed by atoms with Crippen molar-refractivity contribution in [3.63, 3.8) is 0 Å². The molecular weight excluding hydrogens is 219 g/mol. The maximum atomic E-state index is 5.60. The lowest BCUT2D eigenvalue weighted by atomic mass is 9.96. The molecule has 1 aliphatic heterocycles. The third kappa shape index (κ3) is 2.85. The first kappa shape index (κ1) is 13.7. The first-order valence-electron chi connectivity index (χ1n) is 4.40. The number of fused-ring (bicyclic) bond motifs is 1. The lowest BCUT2D eigenvalue weighted by molar-refractivity contribution is 0.487. The van der Waals surface area contributed by atoms with Gasteiger partial charge < -0.3 is 11.1 Å². The molecule has 0 amide bonds. The highest BCUT2D eigenvalue weighted by Gasteiger charge is 2.14. The van der Waals surface area contributed by atoms with Crippen molar-refractivity contribution in [1.82, 2.24) is 5.32 Å². The number of benzene rings is 1. The van der Waals surface area contributed by atoms with Crippen molar-refractivity contribution in [2.24, 2.45) is 5.73 Å². The van der Waals surface area contributed by atoms with E-state index in [1.54, 1.807) is 0 Å². The summed E-state index contributed by atoms with van der Waals surface area (Å²) in [4.78, 5) is 0. The van der Waals surface area contributed by atoms with E-state index < -0.39 is 0 Å². The summed E-state index contributed by atoms with van der Waals surface area (Å²) in [5.41, 5.74) is 8.47. The molecule has 2 rings (SSSR count). The molecule has 4 heteroatoms. The zero-order valence-corrected chi connectivity index (χ0v) is 9.53. The molecule has 0 bridgehead atoms. The predicted molar refractivity (Wildman–Crippen MR) is 64.3 cm³/mol. The molecule has 1 aromatic carbocycles. The Hall–Kier alpha value is -0.280. The van der Waals surface area contributed by atoms with Crippen LogP contribution in [0.25, 0.3) is 0 Å². The molecule has 0 saturated heterocycles. The third-order valence-corrected chi connectivity index (χ3v) is 2.45. The summed E-state index contributed by atoms with van der Waals surface area (Å²) in [6.45, 7) is 1.70. The van der Waals surface area contributed by atoms with Gasteiger partial charge in [-0.25, -0.2) is 0 Å². The molecule has 1 atom stereocenters. The summed E-state index contributed by atoms with van der Waals surface area (Å²) in [5, 5.41) is 3.40. The lowest BCUT2D eigenvalue weighted by Crippen LogP contribution is -2.40. The van der Waals surface area contributed by atoms with E-state index in [2.05, 4.69) is 29.6 Å². The minimum Gasteiger partial charge on any atom is -0.329 e. The van der Waals surface area contributed by atoms with Gasteiger partial charge in [0, 0.05) is 19.1 Å². The molecule has 2 nitrogen and oxygen atoms in total. The van der Waals surface area contributed by atoms with Crippen molar-refractivity contribution >= 4 is 24.8 Å². The largest absolute Gasteiger partial charge is 0.329 e. The average molecular weight is 235 g/mol. The molecule has 1 aliphatic rings. The molecule has 0 aliphatic carbocycles. The molecule has 14 heavy (non-hydrogen) atoms. The monoisotopic (exact) mass is 234 g/mol. The van der Waals surface area contributed by atoms with Gasteiger partial charge in [0.2, 0.25) is 0 Å². The zero-order valence-electron chi connectivity index (χ0n) is 7.90. The van der Waals surface area contributed by atoms with Crippen molar-refractivity contribution in [3.8, 4) is 0 Å². The van der Waals surface area contributed by atoms with Gasteiger partial charge in [-0.1, -0.05) is 24.3 Å². The van der Waals surface area contributed by atoms with Gasteiger partial charge in [-0.05, 0) is 17.5 Å². The summed E-state index contributed by atoms with van der Waals surface area (Å²) < 4.78 is 0. The maximum Gasteiger partial charge on any atom is 0.0233 e. The molecule has 1 heterocycles. The SMILES string of the molecule is Cl.Cl.NCC1Cc2ccccc2CN1. The normalized spacial score (nSPS) is 18.8. The third-order valence-electron chi connectivity index (χ3n) is 2.45. The van der Waals surface area contributed by atoms with Gasteiger partial charge in [-0.15, -0.1) is 24.8 Å². The van der Waals surface area contributed by atoms with Gasteiger partial charge in [0.1, 0.15) is 0 Å². The van der Waals surface area contributed by atoms with E-state index in [4.69, 9.17) is 5.73 Å². The van der Waals surface area contributed by atoms with Gasteiger partial charge in [0.05, 0.1) is 0 Å². The molecule has 0 saturated carbocycles. The fourth-order valence-corrected chi connectivity index (χ4v) is 1.69. The van der Waals surface area contributed by atoms with Crippen LogP contribution in [0.4, 0.5) is 0 Å². The Kier molecular flexibility index (Phi) is 6.12. The highest BCUT2D eigenvalue weighted by Crippen LogP contribution is 2.15. The molecule has 0 aromatic heterocycles. The molecule has 1 aromatic rings. The Morgan fingerprint density at radius 1 is 1.21 bits per heavy atom. The van der Waals surface area contributed by atoms with E-state index in [0.717, 1.165) is 19.5 Å². The van der Waals surface area contributed by atoms with E-state index in [1.165, 1.54) is 11.1 Å². The second-order valence-corrected chi connectivity index (χ2v) is 3.29. The molecule has 0 fully saturated rings. The minimum atomic E-state index is 0. The molecule has 0 radical (unpaired) electrons. The number of rotatable bonds is 1. The molecular formula is C10H16Cl2N2. The summed E-state index contributed by atoms with van der Waals surface area (Å²) in [7, 11) is 0. The highest BCUT2D eigenvalue weighted by molar-refractivity contribution is 5.85. The van der Waals surface area contributed by atoms with Crippen LogP contribution < -0.4 is 11.1 Å². The van der Waals surface area contributed by atoms with Crippen LogP contribution in [-0.4, -0.2) is 12.6 Å². The van der Waals surface area contributed by atoms with E-state index >= 15 is 0 Å². The van der Waals surface area contributed by atoms with Crippen molar-refractivity contribution in [1.29, 1.82) is 0 Å². The van der Waals surface area contributed by atoms with Crippen LogP contribution >= 0.6 is 24.8 Å². The highest BCUT2D eigenvalue weighted by atomic mass is 35.5. The fourth-order valence-electron chi connectivity index (χ4n) is 1.69. The van der Waals surface area contributed by atoms with E-state index in [0.29, 0.717) is 6.04 Å². The standard InChI is InChI=1S/C10H14N2.2ClH/c11-6-10-5-8-3-1-2-4-9(8)7-12-10;;/h1-4,10,12H,5-7,11H2;2*1H. The smallest absolute Gasteiger partial charge is 0.0233 e. The minimum absolute atomic E-state index is 0. The van der Waals surface area contributed by atoms with Crippen molar-refractivity contribution < 1.29 is 0 Å². The van der Waals surface area contributed by atoms with Gasteiger partial charge in [-0.2, -0.15) is 0 Å². The Bertz CT molecular complexity index is 279. The van der Waals surface area contributed by atoms with Crippen LogP contribution in [-0.2, 0) is 13.0 Å². The van der Waals surface area contributed by atoms with Crippen molar-refractivity contribution in [2.75, 3.05) is 6.54 Å². The second kappa shape index (κ2) is 6.25. The number of nitrogens with two attached hydrogens (primary N) is 1. The van der Waals surface area contributed by atoms with Crippen molar-refractivity contribution in [3.05, 3.63) is 35.4 Å². The van der Waals surface area contributed by atoms with Crippen LogP contribution in [0.5, 0.6) is 0 Å². The van der Waals surface area contributed by atoms with E-state index in [9.17, 15) is 0 Å². The maximum absolute atomic E-state index is 5.60. The molecule has 0 spiro atoms.